The normalized spacial score (nSPS) is 19.4. The Morgan fingerprint density at radius 2 is 1.70 bits per heavy atom. The minimum absolute atomic E-state index is 0.00322. The summed E-state index contributed by atoms with van der Waals surface area (Å²) in [5, 5.41) is 16.6. The highest BCUT2D eigenvalue weighted by atomic mass is 35.5. The second-order valence-electron chi connectivity index (χ2n) is 11.9. The van der Waals surface area contributed by atoms with E-state index in [2.05, 4.69) is 10.6 Å². The first-order valence-corrected chi connectivity index (χ1v) is 16.4. The molecule has 1 saturated heterocycles. The Labute approximate surface area is 268 Å². The molecule has 1 heterocycles. The van der Waals surface area contributed by atoms with Gasteiger partial charge < -0.3 is 31.1 Å². The largest absolute Gasteiger partial charge is 0.445 e. The summed E-state index contributed by atoms with van der Waals surface area (Å²) in [5.74, 6) is -2.81. The van der Waals surface area contributed by atoms with Crippen molar-refractivity contribution in [2.45, 2.75) is 75.4 Å². The first-order chi connectivity index (χ1) is 20.8. The number of aliphatic hydroxyl groups excluding tert-OH is 1. The second kappa shape index (κ2) is 16.3. The van der Waals surface area contributed by atoms with E-state index >= 15 is 0 Å². The lowest BCUT2D eigenvalue weighted by Crippen LogP contribution is -2.57. The Kier molecular flexibility index (Phi) is 13.1. The van der Waals surface area contributed by atoms with Crippen molar-refractivity contribution in [3.63, 3.8) is 0 Å². The quantitative estimate of drug-likeness (QED) is 0.242. The van der Waals surface area contributed by atoms with Crippen LogP contribution in [0.3, 0.4) is 0 Å². The number of alkyl halides is 1. The first kappa shape index (κ1) is 35.4. The summed E-state index contributed by atoms with van der Waals surface area (Å²) in [4.78, 5) is 55.2. The van der Waals surface area contributed by atoms with Gasteiger partial charge in [0.2, 0.25) is 5.91 Å². The number of carbonyl (C=O) groups is 4. The minimum atomic E-state index is -1.91. The van der Waals surface area contributed by atoms with E-state index in [9.17, 15) is 24.3 Å². The van der Waals surface area contributed by atoms with Gasteiger partial charge in [0, 0.05) is 18.1 Å². The number of nitrogens with zero attached hydrogens (tertiary/aromatic N) is 1. The molecule has 10 nitrogen and oxygen atoms in total. The predicted molar refractivity (Wildman–Crippen MR) is 172 cm³/mol. The zero-order valence-electron chi connectivity index (χ0n) is 25.6. The van der Waals surface area contributed by atoms with Crippen LogP contribution in [0.25, 0.3) is 0 Å². The maximum atomic E-state index is 14.2. The van der Waals surface area contributed by atoms with Crippen LogP contribution < -0.4 is 16.4 Å². The van der Waals surface area contributed by atoms with E-state index in [1.165, 1.54) is 16.7 Å². The molecule has 1 fully saturated rings. The summed E-state index contributed by atoms with van der Waals surface area (Å²) in [6.07, 6.45) is -0.465. The van der Waals surface area contributed by atoms with Crippen molar-refractivity contribution in [3.05, 3.63) is 71.8 Å². The molecular formula is C32H43ClN4O6S. The molecular weight excluding hydrogens is 604 g/mol. The summed E-state index contributed by atoms with van der Waals surface area (Å²) in [7, 11) is 0. The Morgan fingerprint density at radius 3 is 2.30 bits per heavy atom. The highest BCUT2D eigenvalue weighted by Crippen LogP contribution is 2.30. The molecule has 1 aliphatic heterocycles. The van der Waals surface area contributed by atoms with Crippen LogP contribution in [0.15, 0.2) is 60.7 Å². The molecule has 0 radical (unpaired) electrons. The predicted octanol–water partition coefficient (Wildman–Crippen LogP) is 3.40. The molecule has 3 amide bonds. The summed E-state index contributed by atoms with van der Waals surface area (Å²) in [6.45, 7) is 5.47. The number of nitrogens with two attached hydrogens (primary N) is 1. The van der Waals surface area contributed by atoms with E-state index in [-0.39, 0.29) is 26.0 Å². The summed E-state index contributed by atoms with van der Waals surface area (Å²) < 4.78 is 5.36. The van der Waals surface area contributed by atoms with Crippen LogP contribution in [0.1, 0.15) is 50.8 Å². The summed E-state index contributed by atoms with van der Waals surface area (Å²) >= 11 is 7.87. The number of nitrogens with one attached hydrogen (secondary N) is 2. The number of ether oxygens (including phenoxy) is 1. The van der Waals surface area contributed by atoms with E-state index < -0.39 is 64.8 Å². The lowest BCUT2D eigenvalue weighted by molar-refractivity contribution is -0.151. The molecule has 6 atom stereocenters. The number of thioether (sulfide) groups is 1. The third-order valence-corrected chi connectivity index (χ3v) is 8.25. The molecule has 1 aliphatic rings. The second-order valence-corrected chi connectivity index (χ2v) is 13.5. The number of amides is 3. The molecule has 0 aliphatic carbocycles. The number of likely N-dealkylation sites (tertiary alicyclic amines) is 1. The van der Waals surface area contributed by atoms with E-state index in [1.807, 2.05) is 45.2 Å². The maximum Gasteiger partial charge on any atom is 0.408 e. The average Bonchev–Trinajstić information content (AvgIpc) is 3.39. The van der Waals surface area contributed by atoms with Crippen LogP contribution in [0.4, 0.5) is 4.79 Å². The zero-order valence-corrected chi connectivity index (χ0v) is 27.1. The Hall–Kier alpha value is -3.12. The van der Waals surface area contributed by atoms with Gasteiger partial charge in [0.1, 0.15) is 18.8 Å². The number of Topliss-reactive ketones (excluding diaryl/α,β-unsaturated/α-hetero) is 1. The van der Waals surface area contributed by atoms with Gasteiger partial charge in [0.15, 0.2) is 5.78 Å². The van der Waals surface area contributed by atoms with Gasteiger partial charge in [-0.25, -0.2) is 4.79 Å². The molecule has 0 aromatic heterocycles. The number of carbonyl (C=O) groups excluding carboxylic acids is 4. The fraction of sp³-hybridized carbons (Fsp3) is 0.500. The number of aliphatic hydroxyl groups is 1. The monoisotopic (exact) mass is 646 g/mol. The maximum absolute atomic E-state index is 14.2. The van der Waals surface area contributed by atoms with Gasteiger partial charge in [-0.05, 0) is 56.7 Å². The first-order valence-electron chi connectivity index (χ1n) is 14.6. The van der Waals surface area contributed by atoms with Crippen LogP contribution >= 0.6 is 23.4 Å². The van der Waals surface area contributed by atoms with Gasteiger partial charge in [-0.3, -0.25) is 14.4 Å². The Balaban J connectivity index is 1.89. The lowest BCUT2D eigenvalue weighted by atomic mass is 9.82. The minimum Gasteiger partial charge on any atom is -0.445 e. The third-order valence-electron chi connectivity index (χ3n) is 7.29. The molecule has 2 aromatic carbocycles. The standard InChI is InChI=1S/C32H43ClN4O6S/c1-32(2,3)36-29(40)24-17-22(33)18-37(24)30(41)28(39)25(26(34)21-13-9-6-10-14-21)27(38)23(15-16-44-4)35-31(42)43-19-20-11-7-5-8-12-20/h5-14,22-26,28,39H,15-19,34H2,1-4H3,(H,35,42)(H,36,40)/t22-,23-,24-,25+,26?,28-/m0/s1. The van der Waals surface area contributed by atoms with Crippen molar-refractivity contribution in [1.82, 2.24) is 15.5 Å². The van der Waals surface area contributed by atoms with E-state index in [0.29, 0.717) is 11.3 Å². The summed E-state index contributed by atoms with van der Waals surface area (Å²) in [6, 6.07) is 14.6. The SMILES string of the molecule is CSCC[C@H](NC(=O)OCc1ccccc1)C(=O)[C@@H](C(N)c1ccccc1)[C@H](O)C(=O)N1C[C@@H](Cl)C[C@H]1C(=O)NC(C)(C)C. The molecule has 5 N–H and O–H groups in total. The van der Waals surface area contributed by atoms with E-state index in [4.69, 9.17) is 22.1 Å². The average molecular weight is 647 g/mol. The Bertz CT molecular complexity index is 1260. The molecule has 0 saturated carbocycles. The number of hydrogen-bond acceptors (Lipinski definition) is 8. The van der Waals surface area contributed by atoms with Gasteiger partial charge in [0.25, 0.3) is 5.91 Å². The molecule has 0 bridgehead atoms. The van der Waals surface area contributed by atoms with Crippen LogP contribution in [-0.4, -0.2) is 81.4 Å². The number of alkyl carbamates (subject to hydrolysis) is 1. The van der Waals surface area contributed by atoms with Crippen molar-refractivity contribution in [2.24, 2.45) is 11.7 Å². The van der Waals surface area contributed by atoms with Crippen molar-refractivity contribution in [3.8, 4) is 0 Å². The molecule has 3 rings (SSSR count). The van der Waals surface area contributed by atoms with Gasteiger partial charge in [0.05, 0.1) is 17.3 Å². The highest BCUT2D eigenvalue weighted by Gasteiger charge is 2.47. The number of benzene rings is 2. The van der Waals surface area contributed by atoms with Crippen molar-refractivity contribution in [2.75, 3.05) is 18.6 Å². The fourth-order valence-electron chi connectivity index (χ4n) is 5.13. The van der Waals surface area contributed by atoms with Crippen molar-refractivity contribution >= 4 is 47.1 Å². The molecule has 0 spiro atoms. The smallest absolute Gasteiger partial charge is 0.408 e. The molecule has 12 heteroatoms. The molecule has 2 aromatic rings. The topological polar surface area (TPSA) is 151 Å². The lowest BCUT2D eigenvalue weighted by Gasteiger charge is -2.34. The van der Waals surface area contributed by atoms with Gasteiger partial charge in [-0.1, -0.05) is 60.7 Å². The molecule has 44 heavy (non-hydrogen) atoms. The van der Waals surface area contributed by atoms with Crippen LogP contribution in [0.5, 0.6) is 0 Å². The van der Waals surface area contributed by atoms with E-state index in [0.717, 1.165) is 5.56 Å². The Morgan fingerprint density at radius 1 is 1.09 bits per heavy atom. The zero-order chi connectivity index (χ0) is 32.4. The van der Waals surface area contributed by atoms with Crippen LogP contribution in [0, 0.1) is 5.92 Å². The summed E-state index contributed by atoms with van der Waals surface area (Å²) in [5.41, 5.74) is 7.34. The van der Waals surface area contributed by atoms with Crippen LogP contribution in [0.2, 0.25) is 0 Å². The van der Waals surface area contributed by atoms with Crippen molar-refractivity contribution < 1.29 is 29.0 Å². The number of ketones is 1. The number of rotatable bonds is 13. The van der Waals surface area contributed by atoms with Gasteiger partial charge >= 0.3 is 6.09 Å². The van der Waals surface area contributed by atoms with Gasteiger partial charge in [-0.15, -0.1) is 11.6 Å². The third kappa shape index (κ3) is 9.95. The van der Waals surface area contributed by atoms with Gasteiger partial charge in [-0.2, -0.15) is 11.8 Å². The molecule has 1 unspecified atom stereocenters. The van der Waals surface area contributed by atoms with Crippen LogP contribution in [-0.2, 0) is 25.7 Å². The fourth-order valence-corrected chi connectivity index (χ4v) is 5.91. The van der Waals surface area contributed by atoms with E-state index in [1.54, 1.807) is 42.5 Å². The molecule has 240 valence electrons. The van der Waals surface area contributed by atoms with Crippen molar-refractivity contribution in [1.29, 1.82) is 0 Å². The number of halogens is 1. The highest BCUT2D eigenvalue weighted by molar-refractivity contribution is 7.98. The number of hydrogen-bond donors (Lipinski definition) is 4.